The molecule has 0 aromatic carbocycles. The SMILES string of the molecule is CC(C)(C)OC(=O)C1CCC1ON=C(C(=O)O)c1ccco1. The first-order valence-corrected chi connectivity index (χ1v) is 7.02. The molecule has 1 aliphatic rings. The lowest BCUT2D eigenvalue weighted by atomic mass is 9.82. The largest absolute Gasteiger partial charge is 0.476 e. The van der Waals surface area contributed by atoms with Crippen LogP contribution in [0.15, 0.2) is 28.0 Å². The molecule has 0 bridgehead atoms. The van der Waals surface area contributed by atoms with Gasteiger partial charge in [0, 0.05) is 0 Å². The van der Waals surface area contributed by atoms with Crippen LogP contribution in [0.25, 0.3) is 0 Å². The van der Waals surface area contributed by atoms with Gasteiger partial charge in [-0.3, -0.25) is 4.79 Å². The van der Waals surface area contributed by atoms with E-state index in [9.17, 15) is 9.59 Å². The molecule has 0 saturated heterocycles. The summed E-state index contributed by atoms with van der Waals surface area (Å²) in [6.07, 6.45) is 2.14. The van der Waals surface area contributed by atoms with Crippen LogP contribution in [0.1, 0.15) is 39.4 Å². The molecule has 22 heavy (non-hydrogen) atoms. The standard InChI is InChI=1S/C15H19NO6/c1-15(2,3)21-14(19)9-6-7-10(9)22-16-12(13(17)18)11-5-4-8-20-11/h4-5,8-10H,6-7H2,1-3H3,(H,17,18). The van der Waals surface area contributed by atoms with Crippen LogP contribution in [0, 0.1) is 5.92 Å². The normalized spacial score (nSPS) is 21.9. The quantitative estimate of drug-likeness (QED) is 0.508. The molecule has 1 heterocycles. The van der Waals surface area contributed by atoms with Gasteiger partial charge in [-0.25, -0.2) is 4.79 Å². The van der Waals surface area contributed by atoms with Gasteiger partial charge in [-0.2, -0.15) is 0 Å². The molecule has 0 radical (unpaired) electrons. The number of ether oxygens (including phenoxy) is 1. The minimum atomic E-state index is -1.26. The zero-order valence-electron chi connectivity index (χ0n) is 12.7. The maximum Gasteiger partial charge on any atom is 0.361 e. The lowest BCUT2D eigenvalue weighted by Crippen LogP contribution is -2.42. The second-order valence-electron chi connectivity index (χ2n) is 6.08. The monoisotopic (exact) mass is 309 g/mol. The number of furan rings is 1. The summed E-state index contributed by atoms with van der Waals surface area (Å²) in [6.45, 7) is 5.37. The highest BCUT2D eigenvalue weighted by molar-refractivity contribution is 6.41. The molecule has 2 unspecified atom stereocenters. The second-order valence-corrected chi connectivity index (χ2v) is 6.08. The van der Waals surface area contributed by atoms with E-state index in [0.717, 1.165) is 0 Å². The van der Waals surface area contributed by atoms with Crippen LogP contribution >= 0.6 is 0 Å². The summed E-state index contributed by atoms with van der Waals surface area (Å²) in [7, 11) is 0. The van der Waals surface area contributed by atoms with Crippen LogP contribution in [0.4, 0.5) is 0 Å². The number of carboxylic acid groups (broad SMARTS) is 1. The van der Waals surface area contributed by atoms with Crippen LogP contribution < -0.4 is 0 Å². The van der Waals surface area contributed by atoms with E-state index in [2.05, 4.69) is 5.16 Å². The van der Waals surface area contributed by atoms with Crippen molar-refractivity contribution >= 4 is 17.7 Å². The minimum Gasteiger partial charge on any atom is -0.476 e. The number of oxime groups is 1. The number of nitrogens with zero attached hydrogens (tertiary/aromatic N) is 1. The number of hydrogen-bond acceptors (Lipinski definition) is 6. The Morgan fingerprint density at radius 3 is 2.55 bits per heavy atom. The second kappa shape index (κ2) is 6.21. The van der Waals surface area contributed by atoms with Crippen LogP contribution in [-0.4, -0.2) is 34.5 Å². The molecule has 1 aliphatic carbocycles. The first-order valence-electron chi connectivity index (χ1n) is 7.02. The third-order valence-corrected chi connectivity index (χ3v) is 3.16. The van der Waals surface area contributed by atoms with Crippen LogP contribution in [0.2, 0.25) is 0 Å². The predicted octanol–water partition coefficient (Wildman–Crippen LogP) is 2.21. The van der Waals surface area contributed by atoms with Gasteiger partial charge in [0.15, 0.2) is 5.76 Å². The Morgan fingerprint density at radius 1 is 1.36 bits per heavy atom. The Hall–Kier alpha value is -2.31. The van der Waals surface area contributed by atoms with E-state index in [1.165, 1.54) is 12.3 Å². The first-order chi connectivity index (χ1) is 10.3. The number of carbonyl (C=O) groups is 2. The average molecular weight is 309 g/mol. The first kappa shape index (κ1) is 16.1. The van der Waals surface area contributed by atoms with E-state index in [1.54, 1.807) is 26.8 Å². The third kappa shape index (κ3) is 3.87. The molecule has 0 aliphatic heterocycles. The molecule has 120 valence electrons. The Kier molecular flexibility index (Phi) is 4.54. The maximum atomic E-state index is 12.0. The predicted molar refractivity (Wildman–Crippen MR) is 76.3 cm³/mol. The van der Waals surface area contributed by atoms with Crippen LogP contribution in [0.3, 0.4) is 0 Å². The van der Waals surface area contributed by atoms with Gasteiger partial charge in [-0.15, -0.1) is 0 Å². The fourth-order valence-electron chi connectivity index (χ4n) is 1.97. The molecule has 1 aromatic heterocycles. The number of hydrogen-bond donors (Lipinski definition) is 1. The lowest BCUT2D eigenvalue weighted by Gasteiger charge is -2.34. The summed E-state index contributed by atoms with van der Waals surface area (Å²) >= 11 is 0. The fourth-order valence-corrected chi connectivity index (χ4v) is 1.97. The topological polar surface area (TPSA) is 98.3 Å². The fraction of sp³-hybridized carbons (Fsp3) is 0.533. The maximum absolute atomic E-state index is 12.0. The van der Waals surface area contributed by atoms with Gasteiger partial charge < -0.3 is 19.1 Å². The number of carbonyl (C=O) groups excluding carboxylic acids is 1. The molecule has 1 aromatic rings. The summed E-state index contributed by atoms with van der Waals surface area (Å²) in [6, 6.07) is 3.03. The van der Waals surface area contributed by atoms with Gasteiger partial charge in [0.1, 0.15) is 11.7 Å². The van der Waals surface area contributed by atoms with Crippen LogP contribution in [-0.2, 0) is 19.2 Å². The van der Waals surface area contributed by atoms with Gasteiger partial charge in [-0.05, 0) is 45.7 Å². The van der Waals surface area contributed by atoms with Gasteiger partial charge in [0.05, 0.1) is 12.2 Å². The molecular weight excluding hydrogens is 290 g/mol. The van der Waals surface area contributed by atoms with Gasteiger partial charge >= 0.3 is 11.9 Å². The molecule has 1 fully saturated rings. The minimum absolute atomic E-state index is 0.0978. The molecule has 7 nitrogen and oxygen atoms in total. The van der Waals surface area contributed by atoms with Crippen molar-refractivity contribution in [3.63, 3.8) is 0 Å². The summed E-state index contributed by atoms with van der Waals surface area (Å²) in [5.74, 6) is -1.94. The van der Waals surface area contributed by atoms with Gasteiger partial charge in [-0.1, -0.05) is 5.16 Å². The molecule has 7 heteroatoms. The van der Waals surface area contributed by atoms with Crippen molar-refractivity contribution in [1.82, 2.24) is 0 Å². The average Bonchev–Trinajstić information content (AvgIpc) is 2.83. The van der Waals surface area contributed by atoms with Crippen molar-refractivity contribution in [3.8, 4) is 0 Å². The van der Waals surface area contributed by atoms with E-state index in [0.29, 0.717) is 12.8 Å². The van der Waals surface area contributed by atoms with E-state index < -0.39 is 23.6 Å². The molecule has 2 atom stereocenters. The summed E-state index contributed by atoms with van der Waals surface area (Å²) in [5, 5.41) is 12.7. The van der Waals surface area contributed by atoms with Gasteiger partial charge in [0.2, 0.25) is 5.71 Å². The lowest BCUT2D eigenvalue weighted by molar-refractivity contribution is -0.173. The zero-order valence-corrected chi connectivity index (χ0v) is 12.7. The smallest absolute Gasteiger partial charge is 0.361 e. The Balaban J connectivity index is 2.00. The molecule has 0 spiro atoms. The van der Waals surface area contributed by atoms with Crippen LogP contribution in [0.5, 0.6) is 0 Å². The molecule has 2 rings (SSSR count). The summed E-state index contributed by atoms with van der Waals surface area (Å²) < 4.78 is 10.3. The van der Waals surface area contributed by atoms with Crippen molar-refractivity contribution in [2.75, 3.05) is 0 Å². The van der Waals surface area contributed by atoms with Crippen molar-refractivity contribution in [2.45, 2.75) is 45.3 Å². The summed E-state index contributed by atoms with van der Waals surface area (Å²) in [5.41, 5.74) is -0.902. The van der Waals surface area contributed by atoms with Gasteiger partial charge in [0.25, 0.3) is 0 Å². The van der Waals surface area contributed by atoms with E-state index in [4.69, 9.17) is 19.1 Å². The molecular formula is C15H19NO6. The number of rotatable bonds is 5. The van der Waals surface area contributed by atoms with Crippen molar-refractivity contribution in [2.24, 2.45) is 11.1 Å². The summed E-state index contributed by atoms with van der Waals surface area (Å²) in [4.78, 5) is 28.4. The highest BCUT2D eigenvalue weighted by atomic mass is 16.6. The number of aliphatic carboxylic acids is 1. The van der Waals surface area contributed by atoms with E-state index in [1.807, 2.05) is 0 Å². The Labute approximate surface area is 127 Å². The molecule has 0 amide bonds. The highest BCUT2D eigenvalue weighted by Gasteiger charge is 2.41. The van der Waals surface area contributed by atoms with Crippen molar-refractivity contribution < 1.29 is 28.7 Å². The Morgan fingerprint density at radius 2 is 2.09 bits per heavy atom. The van der Waals surface area contributed by atoms with Crippen molar-refractivity contribution in [3.05, 3.63) is 24.2 Å². The zero-order chi connectivity index (χ0) is 16.3. The molecule has 1 saturated carbocycles. The molecule has 1 N–H and O–H groups in total. The number of carboxylic acids is 1. The third-order valence-electron chi connectivity index (χ3n) is 3.16. The highest BCUT2D eigenvalue weighted by Crippen LogP contribution is 2.33. The van der Waals surface area contributed by atoms with E-state index >= 15 is 0 Å². The van der Waals surface area contributed by atoms with Crippen molar-refractivity contribution in [1.29, 1.82) is 0 Å². The van der Waals surface area contributed by atoms with E-state index in [-0.39, 0.29) is 17.4 Å². The number of esters is 1. The Bertz CT molecular complexity index is 569.